The van der Waals surface area contributed by atoms with Gasteiger partial charge in [0.1, 0.15) is 0 Å². The molecule has 0 spiro atoms. The van der Waals surface area contributed by atoms with Gasteiger partial charge < -0.3 is 0 Å². The summed E-state index contributed by atoms with van der Waals surface area (Å²) in [6.45, 7) is 2.02. The third kappa shape index (κ3) is 3.23. The normalized spacial score (nSPS) is 11.1. The lowest BCUT2D eigenvalue weighted by molar-refractivity contribution is -0.120. The maximum atomic E-state index is 12.0. The van der Waals surface area contributed by atoms with Gasteiger partial charge in [0.2, 0.25) is 5.91 Å². The fraction of sp³-hybridized carbons (Fsp3) is 0.111. The molecule has 3 rings (SSSR count). The van der Waals surface area contributed by atoms with Crippen molar-refractivity contribution < 1.29 is 4.79 Å². The number of thiophene rings is 1. The molecule has 0 aliphatic carbocycles. The van der Waals surface area contributed by atoms with E-state index in [0.717, 1.165) is 26.8 Å². The summed E-state index contributed by atoms with van der Waals surface area (Å²) in [6.07, 6.45) is 2.02. The van der Waals surface area contributed by atoms with Crippen molar-refractivity contribution in [3.8, 4) is 0 Å². The number of nitrogens with one attached hydrogen (secondary N) is 1. The fourth-order valence-corrected chi connectivity index (χ4v) is 3.13. The van der Waals surface area contributed by atoms with Gasteiger partial charge >= 0.3 is 0 Å². The molecule has 0 aliphatic rings. The molecule has 2 aromatic carbocycles. The first-order chi connectivity index (χ1) is 10.7. The van der Waals surface area contributed by atoms with Crippen molar-refractivity contribution in [3.05, 3.63) is 69.9 Å². The molecule has 4 heteroatoms. The molecule has 3 aromatic rings. The van der Waals surface area contributed by atoms with Crippen LogP contribution in [0.15, 0.2) is 59.0 Å². The lowest BCUT2D eigenvalue weighted by Crippen LogP contribution is -2.19. The summed E-state index contributed by atoms with van der Waals surface area (Å²) in [4.78, 5) is 13.1. The Morgan fingerprint density at radius 3 is 2.82 bits per heavy atom. The molecule has 0 saturated heterocycles. The van der Waals surface area contributed by atoms with Gasteiger partial charge in [-0.05, 0) is 40.3 Å². The molecule has 0 fully saturated rings. The van der Waals surface area contributed by atoms with Crippen molar-refractivity contribution >= 4 is 34.2 Å². The average molecular weight is 308 g/mol. The molecule has 1 N–H and O–H groups in total. The zero-order chi connectivity index (χ0) is 15.4. The van der Waals surface area contributed by atoms with Crippen LogP contribution in [0.2, 0.25) is 0 Å². The second kappa shape index (κ2) is 6.54. The van der Waals surface area contributed by atoms with E-state index in [1.165, 1.54) is 0 Å². The average Bonchev–Trinajstić information content (AvgIpc) is 2.93. The molecule has 22 heavy (non-hydrogen) atoms. The number of carbonyl (C=O) groups excluding carboxylic acids is 1. The van der Waals surface area contributed by atoms with Crippen molar-refractivity contribution in [1.82, 2.24) is 5.43 Å². The van der Waals surface area contributed by atoms with E-state index in [4.69, 9.17) is 0 Å². The van der Waals surface area contributed by atoms with Gasteiger partial charge in [-0.15, -0.1) is 11.3 Å². The number of carbonyl (C=O) groups is 1. The van der Waals surface area contributed by atoms with Crippen LogP contribution in [0.4, 0.5) is 0 Å². The van der Waals surface area contributed by atoms with Gasteiger partial charge in [0.05, 0.1) is 12.6 Å². The van der Waals surface area contributed by atoms with E-state index in [1.807, 2.05) is 48.7 Å². The van der Waals surface area contributed by atoms with E-state index in [9.17, 15) is 4.79 Å². The summed E-state index contributed by atoms with van der Waals surface area (Å²) in [5.41, 5.74) is 4.77. The van der Waals surface area contributed by atoms with Crippen LogP contribution in [0.1, 0.15) is 16.0 Å². The summed E-state index contributed by atoms with van der Waals surface area (Å²) in [6, 6.07) is 16.1. The molecule has 3 nitrogen and oxygen atoms in total. The molecule has 1 aromatic heterocycles. The number of aryl methyl sites for hydroxylation is 1. The highest BCUT2D eigenvalue weighted by molar-refractivity contribution is 7.11. The van der Waals surface area contributed by atoms with Crippen LogP contribution < -0.4 is 5.43 Å². The predicted molar refractivity (Wildman–Crippen MR) is 92.4 cm³/mol. The van der Waals surface area contributed by atoms with Gasteiger partial charge in [0, 0.05) is 4.88 Å². The van der Waals surface area contributed by atoms with Crippen LogP contribution in [0.25, 0.3) is 10.8 Å². The third-order valence-corrected chi connectivity index (χ3v) is 4.46. The molecule has 0 unspecified atom stereocenters. The van der Waals surface area contributed by atoms with Crippen LogP contribution in [-0.2, 0) is 11.2 Å². The zero-order valence-corrected chi connectivity index (χ0v) is 13.1. The standard InChI is InChI=1S/C18H16N2OS/c1-13-9-10-22-17(13)12-19-20-18(21)11-15-7-4-6-14-5-2-3-8-16(14)15/h2-10,12H,11H2,1H3,(H,20,21)/b19-12+. The van der Waals surface area contributed by atoms with E-state index >= 15 is 0 Å². The Labute approximate surface area is 133 Å². The van der Waals surface area contributed by atoms with E-state index in [-0.39, 0.29) is 5.91 Å². The van der Waals surface area contributed by atoms with Crippen LogP contribution in [0, 0.1) is 6.92 Å². The minimum absolute atomic E-state index is 0.109. The molecule has 0 radical (unpaired) electrons. The van der Waals surface area contributed by atoms with Gasteiger partial charge in [0.25, 0.3) is 0 Å². The van der Waals surface area contributed by atoms with E-state index in [0.29, 0.717) is 6.42 Å². The minimum Gasteiger partial charge on any atom is -0.273 e. The highest BCUT2D eigenvalue weighted by Crippen LogP contribution is 2.18. The Morgan fingerprint density at radius 1 is 1.18 bits per heavy atom. The SMILES string of the molecule is Cc1ccsc1/C=N/NC(=O)Cc1cccc2ccccc12. The summed E-state index contributed by atoms with van der Waals surface area (Å²) < 4.78 is 0. The molecule has 0 aliphatic heterocycles. The van der Waals surface area contributed by atoms with E-state index in [2.05, 4.69) is 22.7 Å². The molecule has 0 atom stereocenters. The van der Waals surface area contributed by atoms with Gasteiger partial charge in [0.15, 0.2) is 0 Å². The summed E-state index contributed by atoms with van der Waals surface area (Å²) in [7, 11) is 0. The zero-order valence-electron chi connectivity index (χ0n) is 12.2. The Balaban J connectivity index is 1.69. The van der Waals surface area contributed by atoms with Crippen molar-refractivity contribution in [2.75, 3.05) is 0 Å². The number of fused-ring (bicyclic) bond motifs is 1. The number of benzene rings is 2. The number of rotatable bonds is 4. The van der Waals surface area contributed by atoms with Crippen molar-refractivity contribution in [2.24, 2.45) is 5.10 Å². The first-order valence-corrected chi connectivity index (χ1v) is 7.94. The fourth-order valence-electron chi connectivity index (χ4n) is 2.34. The number of amides is 1. The maximum absolute atomic E-state index is 12.0. The summed E-state index contributed by atoms with van der Waals surface area (Å²) in [5, 5.41) is 8.30. The van der Waals surface area contributed by atoms with Gasteiger partial charge in [-0.25, -0.2) is 5.43 Å². The van der Waals surface area contributed by atoms with Crippen molar-refractivity contribution in [1.29, 1.82) is 0 Å². The lowest BCUT2D eigenvalue weighted by atomic mass is 10.0. The van der Waals surface area contributed by atoms with Crippen LogP contribution in [0.3, 0.4) is 0 Å². The molecule has 0 saturated carbocycles. The van der Waals surface area contributed by atoms with Crippen LogP contribution >= 0.6 is 11.3 Å². The minimum atomic E-state index is -0.109. The van der Waals surface area contributed by atoms with Gasteiger partial charge in [-0.3, -0.25) is 4.79 Å². The van der Waals surface area contributed by atoms with Crippen molar-refractivity contribution in [2.45, 2.75) is 13.3 Å². The van der Waals surface area contributed by atoms with Gasteiger partial charge in [-0.2, -0.15) is 5.10 Å². The smallest absolute Gasteiger partial charge is 0.244 e. The predicted octanol–water partition coefficient (Wildman–Crippen LogP) is 3.90. The molecule has 110 valence electrons. The Kier molecular flexibility index (Phi) is 4.30. The molecular formula is C18H16N2OS. The largest absolute Gasteiger partial charge is 0.273 e. The molecule has 0 bridgehead atoms. The Hall–Kier alpha value is -2.46. The highest BCUT2D eigenvalue weighted by atomic mass is 32.1. The summed E-state index contributed by atoms with van der Waals surface area (Å²) in [5.74, 6) is -0.109. The Bertz CT molecular complexity index is 830. The topological polar surface area (TPSA) is 41.5 Å². The summed E-state index contributed by atoms with van der Waals surface area (Å²) >= 11 is 1.61. The third-order valence-electron chi connectivity index (χ3n) is 3.50. The first kappa shape index (κ1) is 14.5. The van der Waals surface area contributed by atoms with Gasteiger partial charge in [-0.1, -0.05) is 42.5 Å². The maximum Gasteiger partial charge on any atom is 0.244 e. The second-order valence-corrected chi connectivity index (χ2v) is 6.02. The second-order valence-electron chi connectivity index (χ2n) is 5.08. The molecule has 1 amide bonds. The van der Waals surface area contributed by atoms with E-state index < -0.39 is 0 Å². The first-order valence-electron chi connectivity index (χ1n) is 7.06. The number of hydrogen-bond donors (Lipinski definition) is 1. The van der Waals surface area contributed by atoms with Crippen molar-refractivity contribution in [3.63, 3.8) is 0 Å². The lowest BCUT2D eigenvalue weighted by Gasteiger charge is -2.05. The quantitative estimate of drug-likeness (QED) is 0.576. The number of hydrogen-bond acceptors (Lipinski definition) is 3. The molecule has 1 heterocycles. The van der Waals surface area contributed by atoms with E-state index in [1.54, 1.807) is 17.6 Å². The van der Waals surface area contributed by atoms with Crippen LogP contribution in [0.5, 0.6) is 0 Å². The molecular weight excluding hydrogens is 292 g/mol. The Morgan fingerprint density at radius 2 is 2.00 bits per heavy atom. The number of nitrogens with zero attached hydrogens (tertiary/aromatic N) is 1. The number of hydrazone groups is 1. The monoisotopic (exact) mass is 308 g/mol. The van der Waals surface area contributed by atoms with Crippen LogP contribution in [-0.4, -0.2) is 12.1 Å². The highest BCUT2D eigenvalue weighted by Gasteiger charge is 2.06.